The van der Waals surface area contributed by atoms with Crippen molar-refractivity contribution in [3.8, 4) is 22.5 Å². The van der Waals surface area contributed by atoms with Crippen LogP contribution in [-0.2, 0) is 24.8 Å². The lowest BCUT2D eigenvalue weighted by molar-refractivity contribution is -0.635. The molecule has 0 N–H and O–H groups in total. The quantitative estimate of drug-likeness (QED) is 0.151. The van der Waals surface area contributed by atoms with E-state index < -0.39 is 35.0 Å². The molecule has 43 heavy (non-hydrogen) atoms. The molecule has 5 rings (SSSR count). The molecule has 10 heteroatoms. The molecule has 3 aromatic carbocycles. The Kier molecular flexibility index (Phi) is 7.06. The predicted molar refractivity (Wildman–Crippen MR) is 155 cm³/mol. The standard InChI is InChI=1S/C33H31F6N4/c1-16-13-17(2)24(18(3)14-16)25-26(22-15-23(31(5,6)7)21-12-10-9-11-20(21)19(22)4)43(8)30-29(40-25)41-27(32(34,35)36)28(42-30)33(37,38)39/h9-15H,1-8H3/q+1. The molecule has 0 bridgehead atoms. The van der Waals surface area contributed by atoms with E-state index in [1.165, 1.54) is 11.6 Å². The lowest BCUT2D eigenvalue weighted by atomic mass is 9.80. The van der Waals surface area contributed by atoms with E-state index in [0.29, 0.717) is 22.5 Å². The first-order valence-electron chi connectivity index (χ1n) is 13.7. The number of alkyl halides is 6. The summed E-state index contributed by atoms with van der Waals surface area (Å²) >= 11 is 0. The number of rotatable bonds is 2. The molecule has 0 atom stereocenters. The molecule has 0 unspecified atom stereocenters. The number of fused-ring (bicyclic) bond motifs is 2. The summed E-state index contributed by atoms with van der Waals surface area (Å²) < 4.78 is 84.8. The second-order valence-corrected chi connectivity index (χ2v) is 12.1. The Balaban J connectivity index is 2.04. The molecule has 0 amide bonds. The molecular formula is C33H31F6N4+. The number of hydrogen-bond donors (Lipinski definition) is 0. The maximum absolute atomic E-state index is 13.9. The number of aromatic nitrogens is 4. The minimum absolute atomic E-state index is 0.311. The molecule has 4 nitrogen and oxygen atoms in total. The number of halogens is 6. The summed E-state index contributed by atoms with van der Waals surface area (Å²) in [5.41, 5.74) is 1.08. The van der Waals surface area contributed by atoms with Gasteiger partial charge in [-0.25, -0.2) is 14.5 Å². The highest BCUT2D eigenvalue weighted by Crippen LogP contribution is 2.42. The van der Waals surface area contributed by atoms with Gasteiger partial charge in [0.1, 0.15) is 5.69 Å². The highest BCUT2D eigenvalue weighted by Gasteiger charge is 2.51. The maximum Gasteiger partial charge on any atom is 0.460 e. The zero-order valence-corrected chi connectivity index (χ0v) is 25.1. The van der Waals surface area contributed by atoms with Gasteiger partial charge in [-0.1, -0.05) is 62.7 Å². The van der Waals surface area contributed by atoms with Crippen LogP contribution in [0.5, 0.6) is 0 Å². The normalized spacial score (nSPS) is 12.9. The van der Waals surface area contributed by atoms with Gasteiger partial charge < -0.3 is 0 Å². The Hall–Kier alpha value is -4.08. The number of hydrogen-bond acceptors (Lipinski definition) is 3. The fraction of sp³-hybridized carbons (Fsp3) is 0.333. The minimum atomic E-state index is -5.39. The second kappa shape index (κ2) is 9.99. The van der Waals surface area contributed by atoms with Crippen molar-refractivity contribution in [2.24, 2.45) is 7.05 Å². The molecule has 0 aliphatic carbocycles. The Labute approximate surface area is 245 Å². The summed E-state index contributed by atoms with van der Waals surface area (Å²) in [4.78, 5) is 11.6. The Bertz CT molecular complexity index is 1910. The largest absolute Gasteiger partial charge is 0.460 e. The fourth-order valence-electron chi connectivity index (χ4n) is 5.96. The molecule has 0 saturated heterocycles. The smallest absolute Gasteiger partial charge is 0.221 e. The van der Waals surface area contributed by atoms with Crippen molar-refractivity contribution in [2.75, 3.05) is 0 Å². The van der Waals surface area contributed by atoms with Gasteiger partial charge in [-0.05, 0) is 77.2 Å². The van der Waals surface area contributed by atoms with Crippen LogP contribution in [0.15, 0.2) is 42.5 Å². The molecule has 224 valence electrons. The highest BCUT2D eigenvalue weighted by molar-refractivity contribution is 5.96. The van der Waals surface area contributed by atoms with E-state index in [1.54, 1.807) is 0 Å². The van der Waals surface area contributed by atoms with Crippen molar-refractivity contribution in [3.63, 3.8) is 0 Å². The van der Waals surface area contributed by atoms with Crippen LogP contribution < -0.4 is 4.57 Å². The topological polar surface area (TPSA) is 42.6 Å². The third-order valence-corrected chi connectivity index (χ3v) is 7.78. The molecule has 2 heterocycles. The van der Waals surface area contributed by atoms with Gasteiger partial charge >= 0.3 is 18.0 Å². The first-order valence-corrected chi connectivity index (χ1v) is 13.7. The summed E-state index contributed by atoms with van der Waals surface area (Å²) in [7, 11) is 1.50. The SMILES string of the molecule is Cc1cc(C)c(-c2nc3nc(C(F)(F)F)c(C(F)(F)F)nc3[n+](C)c2-c2cc(C(C)(C)C)c3ccccc3c2C)c(C)c1. The van der Waals surface area contributed by atoms with Crippen molar-refractivity contribution >= 4 is 22.1 Å². The van der Waals surface area contributed by atoms with E-state index in [9.17, 15) is 26.3 Å². The van der Waals surface area contributed by atoms with Gasteiger partial charge in [0.25, 0.3) is 5.69 Å². The number of aryl methyl sites for hydroxylation is 5. The highest BCUT2D eigenvalue weighted by atomic mass is 19.4. The third kappa shape index (κ3) is 5.21. The lowest BCUT2D eigenvalue weighted by Gasteiger charge is -2.25. The fourth-order valence-corrected chi connectivity index (χ4v) is 5.96. The molecule has 0 aliphatic heterocycles. The molecule has 2 aromatic heterocycles. The molecule has 5 aromatic rings. The van der Waals surface area contributed by atoms with Crippen LogP contribution in [0, 0.1) is 27.7 Å². The van der Waals surface area contributed by atoms with Gasteiger partial charge in [-0.3, -0.25) is 0 Å². The zero-order chi connectivity index (χ0) is 31.8. The van der Waals surface area contributed by atoms with Gasteiger partial charge in [0.2, 0.25) is 11.3 Å². The van der Waals surface area contributed by atoms with Crippen LogP contribution in [0.1, 0.15) is 60.0 Å². The molecule has 0 spiro atoms. The molecular weight excluding hydrogens is 566 g/mol. The van der Waals surface area contributed by atoms with Gasteiger partial charge in [0.15, 0.2) is 5.69 Å². The van der Waals surface area contributed by atoms with Crippen molar-refractivity contribution in [2.45, 2.75) is 66.2 Å². The zero-order valence-electron chi connectivity index (χ0n) is 25.1. The molecule has 0 saturated carbocycles. The van der Waals surface area contributed by atoms with E-state index in [-0.39, 0.29) is 5.41 Å². The van der Waals surface area contributed by atoms with Crippen LogP contribution in [-0.4, -0.2) is 15.0 Å². The maximum atomic E-state index is 13.9. The van der Waals surface area contributed by atoms with Gasteiger partial charge in [-0.15, -0.1) is 0 Å². The van der Waals surface area contributed by atoms with Crippen molar-refractivity contribution in [1.29, 1.82) is 0 Å². The van der Waals surface area contributed by atoms with E-state index in [2.05, 4.69) is 35.7 Å². The van der Waals surface area contributed by atoms with Crippen molar-refractivity contribution in [1.82, 2.24) is 15.0 Å². The summed E-state index contributed by atoms with van der Waals surface area (Å²) in [6.45, 7) is 13.8. The average molecular weight is 598 g/mol. The van der Waals surface area contributed by atoms with Crippen LogP contribution in [0.25, 0.3) is 44.6 Å². The summed E-state index contributed by atoms with van der Waals surface area (Å²) in [5.74, 6) is 0. The molecule has 0 radical (unpaired) electrons. The first-order chi connectivity index (χ1) is 19.8. The van der Waals surface area contributed by atoms with E-state index in [1.807, 2.05) is 70.2 Å². The van der Waals surface area contributed by atoms with Crippen LogP contribution >= 0.6 is 0 Å². The lowest BCUT2D eigenvalue weighted by Crippen LogP contribution is -2.37. The Morgan fingerprint density at radius 2 is 1.23 bits per heavy atom. The second-order valence-electron chi connectivity index (χ2n) is 12.1. The van der Waals surface area contributed by atoms with E-state index in [4.69, 9.17) is 0 Å². The van der Waals surface area contributed by atoms with E-state index >= 15 is 0 Å². The van der Waals surface area contributed by atoms with Crippen LogP contribution in [0.2, 0.25) is 0 Å². The monoisotopic (exact) mass is 597 g/mol. The molecule has 0 aliphatic rings. The minimum Gasteiger partial charge on any atom is -0.221 e. The summed E-state index contributed by atoms with van der Waals surface area (Å²) in [6.07, 6.45) is -10.8. The molecule has 0 fully saturated rings. The summed E-state index contributed by atoms with van der Waals surface area (Å²) in [5, 5.41) is 1.98. The van der Waals surface area contributed by atoms with Crippen molar-refractivity contribution in [3.05, 3.63) is 81.7 Å². The third-order valence-electron chi connectivity index (χ3n) is 7.78. The van der Waals surface area contributed by atoms with Crippen molar-refractivity contribution < 1.29 is 30.9 Å². The first kappa shape index (κ1) is 30.4. The Morgan fingerprint density at radius 3 is 1.77 bits per heavy atom. The average Bonchev–Trinajstić information content (AvgIpc) is 2.87. The van der Waals surface area contributed by atoms with Crippen LogP contribution in [0.3, 0.4) is 0 Å². The van der Waals surface area contributed by atoms with Gasteiger partial charge in [0.05, 0.1) is 7.05 Å². The van der Waals surface area contributed by atoms with E-state index in [0.717, 1.165) is 38.6 Å². The van der Waals surface area contributed by atoms with Gasteiger partial charge in [0, 0.05) is 11.1 Å². The van der Waals surface area contributed by atoms with Crippen LogP contribution in [0.4, 0.5) is 26.3 Å². The number of benzene rings is 3. The predicted octanol–water partition coefficient (Wildman–Crippen LogP) is 8.91. The Morgan fingerprint density at radius 1 is 0.698 bits per heavy atom. The number of nitrogens with zero attached hydrogens (tertiary/aromatic N) is 4. The summed E-state index contributed by atoms with van der Waals surface area (Å²) in [6, 6.07) is 13.8. The van der Waals surface area contributed by atoms with Gasteiger partial charge in [-0.2, -0.15) is 26.3 Å².